The minimum atomic E-state index is -0.790. The summed E-state index contributed by atoms with van der Waals surface area (Å²) >= 11 is 1.60. The maximum absolute atomic E-state index is 14.3. The van der Waals surface area contributed by atoms with Crippen molar-refractivity contribution >= 4 is 46.0 Å². The van der Waals surface area contributed by atoms with Gasteiger partial charge in [-0.05, 0) is 112 Å². The molecule has 12 rings (SSSR count). The quantitative estimate of drug-likeness (QED) is 0.0909. The molecule has 0 bridgehead atoms. The number of carbonyl (C=O) groups excluding carboxylic acids is 2. The number of anilines is 2. The van der Waals surface area contributed by atoms with Gasteiger partial charge in [-0.15, -0.1) is 21.5 Å². The highest BCUT2D eigenvalue weighted by molar-refractivity contribution is 7.13. The molecule has 9 heterocycles. The monoisotopic (exact) mass is 1030 g/mol. The fraction of sp³-hybridized carbons (Fsp3) is 0.474. The van der Waals surface area contributed by atoms with Crippen molar-refractivity contribution in [3.63, 3.8) is 0 Å². The maximum atomic E-state index is 14.3. The molecule has 5 aliphatic rings. The number of nitrogens with one attached hydrogen (secondary N) is 2. The van der Waals surface area contributed by atoms with Crippen molar-refractivity contribution in [1.29, 1.82) is 0 Å². The molecule has 7 aromatic rings. The van der Waals surface area contributed by atoms with Gasteiger partial charge in [-0.1, -0.05) is 55.4 Å². The largest absolute Gasteiger partial charge is 0.507 e. The van der Waals surface area contributed by atoms with Crippen molar-refractivity contribution in [3.8, 4) is 27.4 Å². The van der Waals surface area contributed by atoms with E-state index in [0.29, 0.717) is 35.5 Å². The van der Waals surface area contributed by atoms with Gasteiger partial charge in [0.15, 0.2) is 17.2 Å². The number of likely N-dealkylation sites (tertiary alicyclic amines) is 2. The Labute approximate surface area is 440 Å². The van der Waals surface area contributed by atoms with Crippen molar-refractivity contribution in [2.45, 2.75) is 122 Å². The van der Waals surface area contributed by atoms with Gasteiger partial charge in [0.2, 0.25) is 17.8 Å². The van der Waals surface area contributed by atoms with Crippen molar-refractivity contribution in [3.05, 3.63) is 112 Å². The number of aromatic amines is 1. The van der Waals surface area contributed by atoms with Gasteiger partial charge < -0.3 is 44.6 Å². The number of benzene rings is 2. The van der Waals surface area contributed by atoms with E-state index in [2.05, 4.69) is 64.7 Å². The van der Waals surface area contributed by atoms with Gasteiger partial charge in [-0.3, -0.25) is 9.59 Å². The van der Waals surface area contributed by atoms with Gasteiger partial charge in [0.1, 0.15) is 17.7 Å². The second-order valence-electron chi connectivity index (χ2n) is 22.2. The molecule has 390 valence electrons. The minimum absolute atomic E-state index is 0.0287. The molecule has 4 aliphatic heterocycles. The molecule has 3 saturated heterocycles. The molecule has 1 spiro atoms. The number of rotatable bonds is 12. The number of aliphatic hydroxyl groups is 1. The second-order valence-corrected chi connectivity index (χ2v) is 23.1. The molecule has 75 heavy (non-hydrogen) atoms. The van der Waals surface area contributed by atoms with E-state index in [4.69, 9.17) is 14.5 Å². The number of aromatic hydroxyl groups is 1. The number of aromatic nitrogens is 7. The molecule has 1 unspecified atom stereocenters. The van der Waals surface area contributed by atoms with Gasteiger partial charge in [0.05, 0.1) is 33.9 Å². The summed E-state index contributed by atoms with van der Waals surface area (Å²) in [4.78, 5) is 55.7. The third-order valence-electron chi connectivity index (χ3n) is 17.2. The van der Waals surface area contributed by atoms with Crippen LogP contribution in [0.15, 0.2) is 83.1 Å². The molecule has 4 N–H and O–H groups in total. The lowest BCUT2D eigenvalue weighted by atomic mass is 9.67. The summed E-state index contributed by atoms with van der Waals surface area (Å²) in [6, 6.07) is 19.1. The average Bonchev–Trinajstić information content (AvgIpc) is 4.24. The van der Waals surface area contributed by atoms with Crippen LogP contribution in [0.1, 0.15) is 117 Å². The van der Waals surface area contributed by atoms with Gasteiger partial charge in [-0.25, -0.2) is 15.0 Å². The number of para-hydroxylation sites is 1. The molecule has 4 atom stereocenters. The van der Waals surface area contributed by atoms with E-state index in [-0.39, 0.29) is 47.9 Å². The summed E-state index contributed by atoms with van der Waals surface area (Å²) in [5.74, 6) is 1.35. The van der Waals surface area contributed by atoms with Crippen LogP contribution in [0.25, 0.3) is 32.7 Å². The summed E-state index contributed by atoms with van der Waals surface area (Å²) < 4.78 is 5.95. The minimum Gasteiger partial charge on any atom is -0.507 e. The molecular weight excluding hydrogens is 965 g/mol. The summed E-state index contributed by atoms with van der Waals surface area (Å²) in [6.45, 7) is 13.4. The van der Waals surface area contributed by atoms with E-state index in [1.807, 2.05) is 74.8 Å². The third-order valence-corrected chi connectivity index (χ3v) is 18.2. The topological polar surface area (TPSA) is 206 Å². The third kappa shape index (κ3) is 9.43. The molecule has 5 aromatic heterocycles. The van der Waals surface area contributed by atoms with Crippen LogP contribution < -0.4 is 15.1 Å². The fourth-order valence-electron chi connectivity index (χ4n) is 13.0. The van der Waals surface area contributed by atoms with Crippen molar-refractivity contribution in [1.82, 2.24) is 50.4 Å². The van der Waals surface area contributed by atoms with E-state index in [0.717, 1.165) is 102 Å². The van der Waals surface area contributed by atoms with Crippen LogP contribution in [0.5, 0.6) is 5.75 Å². The van der Waals surface area contributed by atoms with Crippen LogP contribution in [0.3, 0.4) is 0 Å². The number of hydrogen-bond donors (Lipinski definition) is 4. The van der Waals surface area contributed by atoms with Crippen molar-refractivity contribution in [2.75, 3.05) is 49.1 Å². The number of aliphatic hydroxyl groups excluding tert-OH is 1. The Balaban J connectivity index is 0.611. The molecule has 2 amide bonds. The summed E-state index contributed by atoms with van der Waals surface area (Å²) in [5, 5.41) is 38.7. The number of amides is 2. The first kappa shape index (κ1) is 49.1. The molecule has 1 aliphatic carbocycles. The van der Waals surface area contributed by atoms with Crippen LogP contribution in [0.2, 0.25) is 0 Å². The number of thiazole rings is 1. The maximum Gasteiger partial charge on any atom is 0.243 e. The van der Waals surface area contributed by atoms with Gasteiger partial charge in [-0.2, -0.15) is 0 Å². The molecule has 0 radical (unpaired) electrons. The van der Waals surface area contributed by atoms with Gasteiger partial charge in [0.25, 0.3) is 0 Å². The number of aryl methyl sites for hydroxylation is 1. The number of H-pyrrole nitrogens is 1. The van der Waals surface area contributed by atoms with E-state index >= 15 is 0 Å². The number of hydrogen-bond acceptors (Lipinski definition) is 15. The van der Waals surface area contributed by atoms with Crippen molar-refractivity contribution < 1.29 is 24.3 Å². The zero-order chi connectivity index (χ0) is 51.5. The molecule has 17 nitrogen and oxygen atoms in total. The molecule has 2 aromatic carbocycles. The van der Waals surface area contributed by atoms with Gasteiger partial charge >= 0.3 is 0 Å². The predicted molar refractivity (Wildman–Crippen MR) is 287 cm³/mol. The van der Waals surface area contributed by atoms with Gasteiger partial charge in [0, 0.05) is 97.7 Å². The highest BCUT2D eigenvalue weighted by Crippen LogP contribution is 2.48. The number of β-amino-alcohol motifs (C(OH)–C–C–N with tert-alkyl or cyclic N) is 1. The number of carbonyl (C=O) groups is 2. The highest BCUT2D eigenvalue weighted by atomic mass is 32.1. The number of piperidine rings is 1. The van der Waals surface area contributed by atoms with Crippen LogP contribution in [0.4, 0.5) is 11.8 Å². The first-order valence-corrected chi connectivity index (χ1v) is 27.7. The number of phenolic OH excluding ortho intramolecular Hbond substituents is 1. The van der Waals surface area contributed by atoms with Crippen LogP contribution in [0, 0.1) is 18.3 Å². The Morgan fingerprint density at radius 2 is 1.72 bits per heavy atom. The lowest BCUT2D eigenvalue weighted by Crippen LogP contribution is -2.59. The zero-order valence-electron chi connectivity index (χ0n) is 43.2. The normalized spacial score (nSPS) is 21.7. The summed E-state index contributed by atoms with van der Waals surface area (Å²) in [5.41, 5.74) is 10.7. The summed E-state index contributed by atoms with van der Waals surface area (Å²) in [6.07, 6.45) is 11.3. The summed E-state index contributed by atoms with van der Waals surface area (Å²) in [7, 11) is 0. The molecule has 1 saturated carbocycles. The first-order valence-electron chi connectivity index (χ1n) is 26.8. The number of fused-ring (bicyclic) bond motifs is 3. The first-order chi connectivity index (χ1) is 36.4. The van der Waals surface area contributed by atoms with E-state index in [1.165, 1.54) is 41.7 Å². The predicted octanol–water partition coefficient (Wildman–Crippen LogP) is 8.31. The smallest absolute Gasteiger partial charge is 0.243 e. The highest BCUT2D eigenvalue weighted by Gasteiger charge is 2.48. The standard InChI is InChI=1S/C57H66N12O5S/c1-33(2)50(55(73)69-29-41(70)23-46(69)54(72)58-26-36-9-11-38(12-10-36)52-34(3)61-32-75-52)48-25-49(65-74-48)67-30-57(31-67)18-13-40(14-19-57)66-20-15-37(16-21-66)39-27-59-56(60-28-39)68-22-17-44-51(35(68)4)43-24-45(63-64-53(43)62-44)42-7-5-6-8-47(42)71/h5-12,24-25,27-28,32-33,35,37,40-41,46,50,70-71H,13-23,26,29-31H2,1-4H3,(H,58,72)(H,62,64)/t35-,41-,46+,50?/m1/s1. The van der Waals surface area contributed by atoms with Crippen LogP contribution >= 0.6 is 11.3 Å². The number of nitrogens with zero attached hydrogens (tertiary/aromatic N) is 10. The molecular formula is C57H66N12O5S. The lowest BCUT2D eigenvalue weighted by molar-refractivity contribution is -0.141. The van der Waals surface area contributed by atoms with E-state index < -0.39 is 18.1 Å². The van der Waals surface area contributed by atoms with E-state index in [9.17, 15) is 19.8 Å². The Kier molecular flexibility index (Phi) is 13.1. The van der Waals surface area contributed by atoms with Crippen molar-refractivity contribution in [2.24, 2.45) is 11.3 Å². The lowest BCUT2D eigenvalue weighted by Gasteiger charge is -2.54. The Hall–Kier alpha value is -6.76. The zero-order valence-corrected chi connectivity index (χ0v) is 44.0. The second kappa shape index (κ2) is 20.1. The Morgan fingerprint density at radius 1 is 0.960 bits per heavy atom. The van der Waals surface area contributed by atoms with Crippen LogP contribution in [-0.4, -0.2) is 125 Å². The Bertz CT molecular complexity index is 3180. The van der Waals surface area contributed by atoms with E-state index in [1.54, 1.807) is 23.5 Å². The fourth-order valence-corrected chi connectivity index (χ4v) is 13.8. The number of phenols is 1. The molecule has 18 heteroatoms. The molecule has 4 fully saturated rings. The SMILES string of the molecule is Cc1ncsc1-c1ccc(CNC(=O)[C@@H]2C[C@@H](O)CN2C(=O)C(c2cc(N3CC4(CCC(N5CCC(c6cnc(N7CCc8[nH]c9nnc(-c%10ccccc%10O)cc9c8[C@H]7C)nc6)CC5)CC4)C3)no2)C(C)C)cc1. The van der Waals surface area contributed by atoms with Crippen LogP contribution in [-0.2, 0) is 22.6 Å². The average molecular weight is 1030 g/mol. The Morgan fingerprint density at radius 3 is 2.44 bits per heavy atom.